The van der Waals surface area contributed by atoms with Crippen LogP contribution < -0.4 is 15.3 Å². The van der Waals surface area contributed by atoms with Crippen molar-refractivity contribution in [3.63, 3.8) is 0 Å². The van der Waals surface area contributed by atoms with Gasteiger partial charge in [-0.25, -0.2) is 0 Å². The van der Waals surface area contributed by atoms with Crippen LogP contribution in [0.5, 0.6) is 0 Å². The van der Waals surface area contributed by atoms with E-state index in [1.807, 2.05) is 0 Å². The SMILES string of the molecule is C1=CC2=CC(N3C(c4ccc5ccccc5c4)=CC3c3ccc(N4C5=c6ccccc6=C6C=Cc7ccccc7C6C5c5ccccc54)cc3)=CCC2C=C1. The second-order valence-electron chi connectivity index (χ2n) is 15.6. The van der Waals surface area contributed by atoms with Gasteiger partial charge in [0.2, 0.25) is 0 Å². The van der Waals surface area contributed by atoms with E-state index in [9.17, 15) is 0 Å². The van der Waals surface area contributed by atoms with Crippen molar-refractivity contribution >= 4 is 45.2 Å². The maximum Gasteiger partial charge on any atom is 0.0798 e. The van der Waals surface area contributed by atoms with E-state index in [4.69, 9.17) is 0 Å². The summed E-state index contributed by atoms with van der Waals surface area (Å²) in [6.45, 7) is 0. The number of hydrogen-bond acceptors (Lipinski definition) is 2. The van der Waals surface area contributed by atoms with E-state index in [0.29, 0.717) is 5.92 Å². The van der Waals surface area contributed by atoms with Crippen LogP contribution >= 0.6 is 0 Å². The van der Waals surface area contributed by atoms with Gasteiger partial charge in [0.25, 0.3) is 0 Å². The molecule has 4 aliphatic carbocycles. The molecule has 6 aromatic carbocycles. The highest BCUT2D eigenvalue weighted by atomic mass is 15.2. The molecule has 260 valence electrons. The Hall–Kier alpha value is -6.64. The highest BCUT2D eigenvalue weighted by Crippen LogP contribution is 2.58. The molecule has 0 amide bonds. The number of fused-ring (bicyclic) bond motifs is 10. The first kappa shape index (κ1) is 30.8. The molecule has 0 saturated carbocycles. The Balaban J connectivity index is 0.974. The van der Waals surface area contributed by atoms with E-state index in [0.717, 1.165) is 6.42 Å². The third-order valence-electron chi connectivity index (χ3n) is 12.7. The Morgan fingerprint density at radius 1 is 0.600 bits per heavy atom. The zero-order valence-corrected chi connectivity index (χ0v) is 30.4. The summed E-state index contributed by atoms with van der Waals surface area (Å²) in [7, 11) is 0. The molecule has 4 atom stereocenters. The van der Waals surface area contributed by atoms with Gasteiger partial charge in [-0.15, -0.1) is 0 Å². The van der Waals surface area contributed by atoms with Crippen molar-refractivity contribution in [2.75, 3.05) is 4.90 Å². The lowest BCUT2D eigenvalue weighted by Crippen LogP contribution is -2.40. The predicted octanol–water partition coefficient (Wildman–Crippen LogP) is 11.2. The Morgan fingerprint density at radius 3 is 2.29 bits per heavy atom. The summed E-state index contributed by atoms with van der Waals surface area (Å²) in [5.41, 5.74) is 15.9. The van der Waals surface area contributed by atoms with E-state index in [-0.39, 0.29) is 17.9 Å². The molecule has 12 rings (SSSR count). The van der Waals surface area contributed by atoms with Gasteiger partial charge in [0.05, 0.1) is 6.04 Å². The fourth-order valence-electron chi connectivity index (χ4n) is 10.2. The Kier molecular flexibility index (Phi) is 6.68. The first-order chi connectivity index (χ1) is 27.3. The third-order valence-corrected chi connectivity index (χ3v) is 12.7. The van der Waals surface area contributed by atoms with Crippen LogP contribution in [0.2, 0.25) is 0 Å². The molecule has 6 aliphatic rings. The largest absolute Gasteiger partial charge is 0.330 e. The average molecular weight is 703 g/mol. The zero-order chi connectivity index (χ0) is 36.0. The molecule has 2 heterocycles. The van der Waals surface area contributed by atoms with Gasteiger partial charge < -0.3 is 9.80 Å². The van der Waals surface area contributed by atoms with Gasteiger partial charge in [-0.3, -0.25) is 0 Å². The first-order valence-electron chi connectivity index (χ1n) is 19.6. The number of para-hydroxylation sites is 1. The Bertz CT molecular complexity index is 2930. The quantitative estimate of drug-likeness (QED) is 0.180. The molecule has 4 unspecified atom stereocenters. The van der Waals surface area contributed by atoms with Gasteiger partial charge in [-0.05, 0) is 97.8 Å². The Morgan fingerprint density at radius 2 is 1.38 bits per heavy atom. The van der Waals surface area contributed by atoms with Crippen molar-refractivity contribution in [3.05, 3.63) is 238 Å². The van der Waals surface area contributed by atoms with Gasteiger partial charge in [0, 0.05) is 51.4 Å². The van der Waals surface area contributed by atoms with Crippen LogP contribution in [0.4, 0.5) is 11.4 Å². The van der Waals surface area contributed by atoms with Gasteiger partial charge >= 0.3 is 0 Å². The van der Waals surface area contributed by atoms with Crippen LogP contribution in [0.3, 0.4) is 0 Å². The maximum absolute atomic E-state index is 2.56. The minimum atomic E-state index is 0.141. The molecule has 0 radical (unpaired) electrons. The van der Waals surface area contributed by atoms with Crippen molar-refractivity contribution in [2.24, 2.45) is 5.92 Å². The van der Waals surface area contributed by atoms with Crippen LogP contribution in [0.15, 0.2) is 199 Å². The summed E-state index contributed by atoms with van der Waals surface area (Å²) in [6.07, 6.45) is 22.0. The summed E-state index contributed by atoms with van der Waals surface area (Å²) < 4.78 is 0. The summed E-state index contributed by atoms with van der Waals surface area (Å²) in [5.74, 6) is 0.938. The number of hydrogen-bond donors (Lipinski definition) is 0. The van der Waals surface area contributed by atoms with E-state index in [2.05, 4.69) is 204 Å². The summed E-state index contributed by atoms with van der Waals surface area (Å²) >= 11 is 0. The van der Waals surface area contributed by atoms with E-state index >= 15 is 0 Å². The van der Waals surface area contributed by atoms with Crippen LogP contribution in [0.1, 0.15) is 52.1 Å². The topological polar surface area (TPSA) is 6.48 Å². The predicted molar refractivity (Wildman–Crippen MR) is 228 cm³/mol. The van der Waals surface area contributed by atoms with Crippen LogP contribution in [0.25, 0.3) is 33.8 Å². The van der Waals surface area contributed by atoms with Crippen LogP contribution in [0, 0.1) is 5.92 Å². The molecule has 0 spiro atoms. The maximum atomic E-state index is 2.56. The standard InChI is InChI=1S/C53H38N2/c1-3-14-38-31-40(22-21-34(38)11-1)50-33-49(54(50)42-29-23-35-12-2-4-15-39(35)32-42)37-24-27-41(28-25-37)55-48-20-10-9-19-47(48)52-51-43-16-6-5-13-36(43)26-30-45(51)44-17-7-8-18-46(44)53(52)55/h1-22,24-33,35,49,51-52H,23H2. The van der Waals surface area contributed by atoms with Crippen molar-refractivity contribution in [1.29, 1.82) is 0 Å². The van der Waals surface area contributed by atoms with Crippen molar-refractivity contribution < 1.29 is 0 Å². The monoisotopic (exact) mass is 702 g/mol. The Labute approximate surface area is 321 Å². The van der Waals surface area contributed by atoms with Crippen molar-refractivity contribution in [1.82, 2.24) is 4.90 Å². The summed E-state index contributed by atoms with van der Waals surface area (Å²) in [5, 5.41) is 5.22. The minimum absolute atomic E-state index is 0.141. The number of allylic oxidation sites excluding steroid dienone is 8. The van der Waals surface area contributed by atoms with E-state index < -0.39 is 0 Å². The second-order valence-corrected chi connectivity index (χ2v) is 15.6. The molecule has 2 aliphatic heterocycles. The number of rotatable bonds is 4. The van der Waals surface area contributed by atoms with Crippen molar-refractivity contribution in [3.8, 4) is 0 Å². The third kappa shape index (κ3) is 4.61. The molecule has 0 aromatic heterocycles. The molecule has 0 N–H and O–H groups in total. The smallest absolute Gasteiger partial charge is 0.0798 e. The summed E-state index contributed by atoms with van der Waals surface area (Å²) in [6, 6.07) is 52.3. The number of benzene rings is 6. The van der Waals surface area contributed by atoms with Gasteiger partial charge in [0.1, 0.15) is 0 Å². The lowest BCUT2D eigenvalue weighted by atomic mass is 9.69. The van der Waals surface area contributed by atoms with E-state index in [1.54, 1.807) is 0 Å². The number of anilines is 2. The average Bonchev–Trinajstić information content (AvgIpc) is 3.59. The normalized spacial score (nSPS) is 22.4. The molecule has 0 fully saturated rings. The van der Waals surface area contributed by atoms with Gasteiger partial charge in [0.15, 0.2) is 0 Å². The number of nitrogens with zero attached hydrogens (tertiary/aromatic N) is 2. The molecule has 55 heavy (non-hydrogen) atoms. The zero-order valence-electron chi connectivity index (χ0n) is 30.4. The second kappa shape index (κ2) is 11.9. The van der Waals surface area contributed by atoms with Crippen LogP contribution in [-0.2, 0) is 0 Å². The summed E-state index contributed by atoms with van der Waals surface area (Å²) in [4.78, 5) is 5.12. The fourth-order valence-corrected chi connectivity index (χ4v) is 10.2. The fraction of sp³-hybridized carbons (Fsp3) is 0.0943. The van der Waals surface area contributed by atoms with Crippen molar-refractivity contribution in [2.45, 2.75) is 24.3 Å². The highest BCUT2D eigenvalue weighted by Gasteiger charge is 2.45. The van der Waals surface area contributed by atoms with Gasteiger partial charge in [-0.1, -0.05) is 158 Å². The molecular weight excluding hydrogens is 665 g/mol. The molecule has 6 aromatic rings. The molecule has 2 nitrogen and oxygen atoms in total. The molecule has 0 bridgehead atoms. The minimum Gasteiger partial charge on any atom is -0.330 e. The van der Waals surface area contributed by atoms with E-state index in [1.165, 1.54) is 88.6 Å². The highest BCUT2D eigenvalue weighted by molar-refractivity contribution is 5.96. The van der Waals surface area contributed by atoms with Crippen LogP contribution in [-0.4, -0.2) is 4.90 Å². The van der Waals surface area contributed by atoms with Gasteiger partial charge in [-0.2, -0.15) is 0 Å². The molecule has 2 heteroatoms. The molecule has 0 saturated heterocycles. The first-order valence-corrected chi connectivity index (χ1v) is 19.6. The molecular formula is C53H38N2. The lowest BCUT2D eigenvalue weighted by Gasteiger charge is -2.44. The lowest BCUT2D eigenvalue weighted by molar-refractivity contribution is 0.385.